The van der Waals surface area contributed by atoms with Crippen LogP contribution in [0.15, 0.2) is 52.9 Å². The molecule has 3 rings (SSSR count). The zero-order chi connectivity index (χ0) is 18.7. The fourth-order valence-electron chi connectivity index (χ4n) is 2.20. The summed E-state index contributed by atoms with van der Waals surface area (Å²) in [6.07, 6.45) is 0. The van der Waals surface area contributed by atoms with Gasteiger partial charge in [-0.05, 0) is 57.2 Å². The number of nitro benzene ring substituents is 1. The SMILES string of the molecule is CC(C)(C)Oc1ccc(-c2nnc(Nc3ccc([N+](=O)[O-])cc3)o2)cc1. The highest BCUT2D eigenvalue weighted by atomic mass is 16.6. The van der Waals surface area contributed by atoms with E-state index in [0.29, 0.717) is 11.6 Å². The lowest BCUT2D eigenvalue weighted by molar-refractivity contribution is -0.384. The summed E-state index contributed by atoms with van der Waals surface area (Å²) in [5.41, 5.74) is 1.11. The van der Waals surface area contributed by atoms with Gasteiger partial charge in [0.25, 0.3) is 5.69 Å². The van der Waals surface area contributed by atoms with Crippen LogP contribution in [0.2, 0.25) is 0 Å². The molecule has 0 aliphatic carbocycles. The molecule has 0 saturated heterocycles. The third-order valence-corrected chi connectivity index (χ3v) is 3.28. The summed E-state index contributed by atoms with van der Waals surface area (Å²) in [5, 5.41) is 21.5. The maximum atomic E-state index is 10.7. The van der Waals surface area contributed by atoms with E-state index in [1.165, 1.54) is 12.1 Å². The molecule has 0 radical (unpaired) electrons. The van der Waals surface area contributed by atoms with Crippen LogP contribution in [0, 0.1) is 10.1 Å². The highest BCUT2D eigenvalue weighted by molar-refractivity contribution is 5.58. The summed E-state index contributed by atoms with van der Waals surface area (Å²) in [5.74, 6) is 1.11. The molecule has 0 bridgehead atoms. The summed E-state index contributed by atoms with van der Waals surface area (Å²) in [7, 11) is 0. The minimum absolute atomic E-state index is 0.0133. The van der Waals surface area contributed by atoms with E-state index < -0.39 is 4.92 Å². The Balaban J connectivity index is 1.70. The quantitative estimate of drug-likeness (QED) is 0.529. The number of rotatable bonds is 5. The molecule has 8 nitrogen and oxygen atoms in total. The standard InChI is InChI=1S/C18H18N4O4/c1-18(2,3)26-15-10-4-12(5-11-15)16-20-21-17(25-16)19-13-6-8-14(9-7-13)22(23)24/h4-11H,1-3H3,(H,19,21). The zero-order valence-electron chi connectivity index (χ0n) is 14.6. The molecule has 2 aromatic carbocycles. The van der Waals surface area contributed by atoms with E-state index >= 15 is 0 Å². The van der Waals surface area contributed by atoms with Crippen LogP contribution in [-0.2, 0) is 0 Å². The van der Waals surface area contributed by atoms with E-state index in [9.17, 15) is 10.1 Å². The van der Waals surface area contributed by atoms with Crippen molar-refractivity contribution in [1.82, 2.24) is 10.2 Å². The normalized spacial score (nSPS) is 11.2. The number of hydrogen-bond donors (Lipinski definition) is 1. The van der Waals surface area contributed by atoms with Gasteiger partial charge in [0.05, 0.1) is 4.92 Å². The smallest absolute Gasteiger partial charge is 0.320 e. The molecule has 0 fully saturated rings. The topological polar surface area (TPSA) is 103 Å². The van der Waals surface area contributed by atoms with Gasteiger partial charge >= 0.3 is 6.01 Å². The molecular formula is C18H18N4O4. The Kier molecular flexibility index (Phi) is 4.57. The van der Waals surface area contributed by atoms with Crippen LogP contribution < -0.4 is 10.1 Å². The molecule has 0 spiro atoms. The van der Waals surface area contributed by atoms with Gasteiger partial charge in [-0.3, -0.25) is 10.1 Å². The minimum atomic E-state index is -0.457. The maximum absolute atomic E-state index is 10.7. The monoisotopic (exact) mass is 354 g/mol. The van der Waals surface area contributed by atoms with E-state index in [0.717, 1.165) is 11.3 Å². The fraction of sp³-hybridized carbons (Fsp3) is 0.222. The van der Waals surface area contributed by atoms with Crippen molar-refractivity contribution in [2.45, 2.75) is 26.4 Å². The van der Waals surface area contributed by atoms with Gasteiger partial charge in [0, 0.05) is 23.4 Å². The highest BCUT2D eigenvalue weighted by Gasteiger charge is 2.13. The number of aromatic nitrogens is 2. The predicted molar refractivity (Wildman–Crippen MR) is 96.5 cm³/mol. The summed E-state index contributed by atoms with van der Waals surface area (Å²) in [6, 6.07) is 13.5. The van der Waals surface area contributed by atoms with Crippen molar-refractivity contribution in [3.63, 3.8) is 0 Å². The molecule has 26 heavy (non-hydrogen) atoms. The summed E-state index contributed by atoms with van der Waals surface area (Å²) >= 11 is 0. The first kappa shape index (κ1) is 17.4. The van der Waals surface area contributed by atoms with Crippen LogP contribution in [-0.4, -0.2) is 20.7 Å². The molecule has 1 aromatic heterocycles. The van der Waals surface area contributed by atoms with E-state index in [2.05, 4.69) is 15.5 Å². The van der Waals surface area contributed by atoms with Crippen LogP contribution in [0.4, 0.5) is 17.4 Å². The van der Waals surface area contributed by atoms with Gasteiger partial charge in [-0.15, -0.1) is 5.10 Å². The second-order valence-corrected chi connectivity index (χ2v) is 6.58. The lowest BCUT2D eigenvalue weighted by atomic mass is 10.1. The minimum Gasteiger partial charge on any atom is -0.488 e. The van der Waals surface area contributed by atoms with Crippen LogP contribution >= 0.6 is 0 Å². The van der Waals surface area contributed by atoms with E-state index in [1.807, 2.05) is 45.0 Å². The first-order valence-corrected chi connectivity index (χ1v) is 7.95. The lowest BCUT2D eigenvalue weighted by Gasteiger charge is -2.21. The van der Waals surface area contributed by atoms with E-state index in [1.54, 1.807) is 12.1 Å². The van der Waals surface area contributed by atoms with Gasteiger partial charge in [0.2, 0.25) is 5.89 Å². The largest absolute Gasteiger partial charge is 0.488 e. The number of non-ortho nitro benzene ring substituents is 1. The molecule has 8 heteroatoms. The van der Waals surface area contributed by atoms with Gasteiger partial charge in [-0.1, -0.05) is 5.10 Å². The molecule has 0 saturated carbocycles. The van der Waals surface area contributed by atoms with E-state index in [-0.39, 0.29) is 17.3 Å². The van der Waals surface area contributed by atoms with Gasteiger partial charge in [0.15, 0.2) is 0 Å². The zero-order valence-corrected chi connectivity index (χ0v) is 14.6. The Morgan fingerprint density at radius 2 is 1.69 bits per heavy atom. The highest BCUT2D eigenvalue weighted by Crippen LogP contribution is 2.26. The fourth-order valence-corrected chi connectivity index (χ4v) is 2.20. The van der Waals surface area contributed by atoms with Gasteiger partial charge in [-0.2, -0.15) is 0 Å². The Labute approximate surface area is 150 Å². The summed E-state index contributed by atoms with van der Waals surface area (Å²) in [6.45, 7) is 5.94. The number of ether oxygens (including phenoxy) is 1. The molecule has 1 N–H and O–H groups in total. The van der Waals surface area contributed by atoms with Crippen molar-refractivity contribution >= 4 is 17.4 Å². The van der Waals surface area contributed by atoms with Crippen molar-refractivity contribution in [3.8, 4) is 17.2 Å². The second-order valence-electron chi connectivity index (χ2n) is 6.58. The van der Waals surface area contributed by atoms with Crippen LogP contribution in [0.25, 0.3) is 11.5 Å². The van der Waals surface area contributed by atoms with Gasteiger partial charge < -0.3 is 14.5 Å². The number of nitro groups is 1. The Morgan fingerprint density at radius 1 is 1.04 bits per heavy atom. The average molecular weight is 354 g/mol. The van der Waals surface area contributed by atoms with Crippen LogP contribution in [0.1, 0.15) is 20.8 Å². The van der Waals surface area contributed by atoms with Crippen molar-refractivity contribution in [2.75, 3.05) is 5.32 Å². The number of benzene rings is 2. The maximum Gasteiger partial charge on any atom is 0.320 e. The predicted octanol–water partition coefficient (Wildman–Crippen LogP) is 4.57. The van der Waals surface area contributed by atoms with Gasteiger partial charge in [0.1, 0.15) is 11.4 Å². The van der Waals surface area contributed by atoms with Crippen molar-refractivity contribution in [3.05, 3.63) is 58.6 Å². The lowest BCUT2D eigenvalue weighted by Crippen LogP contribution is -2.22. The first-order valence-electron chi connectivity index (χ1n) is 7.95. The molecule has 0 atom stereocenters. The van der Waals surface area contributed by atoms with Crippen molar-refractivity contribution in [1.29, 1.82) is 0 Å². The number of nitrogens with zero attached hydrogens (tertiary/aromatic N) is 3. The average Bonchev–Trinajstić information content (AvgIpc) is 3.03. The second kappa shape index (κ2) is 6.83. The molecule has 0 aliphatic heterocycles. The molecule has 3 aromatic rings. The third kappa shape index (κ3) is 4.35. The summed E-state index contributed by atoms with van der Waals surface area (Å²) in [4.78, 5) is 10.2. The first-order chi connectivity index (χ1) is 12.3. The Morgan fingerprint density at radius 3 is 2.27 bits per heavy atom. The van der Waals surface area contributed by atoms with Crippen molar-refractivity contribution < 1.29 is 14.1 Å². The number of anilines is 2. The van der Waals surface area contributed by atoms with Crippen LogP contribution in [0.3, 0.4) is 0 Å². The molecule has 0 aliphatic rings. The van der Waals surface area contributed by atoms with Crippen LogP contribution in [0.5, 0.6) is 5.75 Å². The molecule has 134 valence electrons. The molecular weight excluding hydrogens is 336 g/mol. The number of nitrogens with one attached hydrogen (secondary N) is 1. The Hall–Kier alpha value is -3.42. The third-order valence-electron chi connectivity index (χ3n) is 3.28. The molecule has 0 amide bonds. The number of hydrogen-bond acceptors (Lipinski definition) is 7. The molecule has 0 unspecified atom stereocenters. The van der Waals surface area contributed by atoms with Gasteiger partial charge in [-0.25, -0.2) is 0 Å². The van der Waals surface area contributed by atoms with Crippen molar-refractivity contribution in [2.24, 2.45) is 0 Å². The summed E-state index contributed by atoms with van der Waals surface area (Å²) < 4.78 is 11.4. The van der Waals surface area contributed by atoms with E-state index in [4.69, 9.17) is 9.15 Å². The molecule has 1 heterocycles. The Bertz CT molecular complexity index is 896.